The standard InChI is InChI=1S/C13H21N3O3/c1-4-5-11(12(17)18)14-13(19)16(3)9-10-6-7-15(2)8-10/h1,10-11H,5-9H2,2-3H3,(H,14,19)(H,17,18). The molecule has 1 aliphatic heterocycles. The highest BCUT2D eigenvalue weighted by Gasteiger charge is 2.25. The van der Waals surface area contributed by atoms with E-state index in [-0.39, 0.29) is 6.42 Å². The number of carboxylic acid groups (broad SMARTS) is 1. The number of carboxylic acids is 1. The highest BCUT2D eigenvalue weighted by Crippen LogP contribution is 2.15. The number of carbonyl (C=O) groups excluding carboxylic acids is 1. The third-order valence-electron chi connectivity index (χ3n) is 3.29. The van der Waals surface area contributed by atoms with Crippen molar-refractivity contribution in [1.82, 2.24) is 15.1 Å². The van der Waals surface area contributed by atoms with Crippen LogP contribution in [0.2, 0.25) is 0 Å². The van der Waals surface area contributed by atoms with Gasteiger partial charge in [0.05, 0.1) is 0 Å². The zero-order valence-electron chi connectivity index (χ0n) is 11.4. The van der Waals surface area contributed by atoms with Crippen molar-refractivity contribution in [2.45, 2.75) is 18.9 Å². The predicted molar refractivity (Wildman–Crippen MR) is 71.6 cm³/mol. The number of aliphatic carboxylic acids is 1. The molecule has 0 aromatic carbocycles. The van der Waals surface area contributed by atoms with Gasteiger partial charge in [0.1, 0.15) is 6.04 Å². The molecule has 1 fully saturated rings. The van der Waals surface area contributed by atoms with Gasteiger partial charge in [-0.05, 0) is 25.9 Å². The molecule has 19 heavy (non-hydrogen) atoms. The molecule has 0 spiro atoms. The van der Waals surface area contributed by atoms with Gasteiger partial charge in [-0.25, -0.2) is 9.59 Å². The molecule has 6 heteroatoms. The zero-order valence-corrected chi connectivity index (χ0v) is 11.4. The van der Waals surface area contributed by atoms with Gasteiger partial charge in [-0.15, -0.1) is 12.3 Å². The van der Waals surface area contributed by atoms with Gasteiger partial charge in [0, 0.05) is 26.6 Å². The number of nitrogens with zero attached hydrogens (tertiary/aromatic N) is 2. The molecule has 0 saturated carbocycles. The Hall–Kier alpha value is -1.74. The summed E-state index contributed by atoms with van der Waals surface area (Å²) in [4.78, 5) is 26.5. The van der Waals surface area contributed by atoms with E-state index in [9.17, 15) is 9.59 Å². The van der Waals surface area contributed by atoms with Gasteiger partial charge in [0.2, 0.25) is 0 Å². The normalized spacial score (nSPS) is 20.6. The number of likely N-dealkylation sites (tertiary alicyclic amines) is 1. The van der Waals surface area contributed by atoms with E-state index in [1.807, 2.05) is 7.05 Å². The van der Waals surface area contributed by atoms with E-state index in [1.54, 1.807) is 7.05 Å². The van der Waals surface area contributed by atoms with Crippen LogP contribution in [0, 0.1) is 18.3 Å². The van der Waals surface area contributed by atoms with E-state index in [2.05, 4.69) is 16.1 Å². The maximum absolute atomic E-state index is 11.9. The second-order valence-corrected chi connectivity index (χ2v) is 5.05. The van der Waals surface area contributed by atoms with E-state index < -0.39 is 18.0 Å². The largest absolute Gasteiger partial charge is 0.480 e. The summed E-state index contributed by atoms with van der Waals surface area (Å²) < 4.78 is 0. The van der Waals surface area contributed by atoms with Crippen molar-refractivity contribution in [1.29, 1.82) is 0 Å². The molecule has 1 heterocycles. The van der Waals surface area contributed by atoms with Crippen molar-refractivity contribution in [2.75, 3.05) is 33.7 Å². The second kappa shape index (κ2) is 7.00. The monoisotopic (exact) mass is 267 g/mol. The van der Waals surface area contributed by atoms with E-state index in [1.165, 1.54) is 4.90 Å². The third kappa shape index (κ3) is 4.79. The number of amides is 2. The van der Waals surface area contributed by atoms with Gasteiger partial charge < -0.3 is 20.2 Å². The van der Waals surface area contributed by atoms with Crippen LogP contribution in [0.5, 0.6) is 0 Å². The maximum Gasteiger partial charge on any atom is 0.327 e. The van der Waals surface area contributed by atoms with Crippen molar-refractivity contribution in [3.8, 4) is 12.3 Å². The van der Waals surface area contributed by atoms with Crippen molar-refractivity contribution in [3.05, 3.63) is 0 Å². The molecule has 1 aliphatic rings. The van der Waals surface area contributed by atoms with Crippen LogP contribution in [-0.2, 0) is 4.79 Å². The lowest BCUT2D eigenvalue weighted by molar-refractivity contribution is -0.139. The van der Waals surface area contributed by atoms with Gasteiger partial charge in [-0.1, -0.05) is 0 Å². The van der Waals surface area contributed by atoms with Crippen molar-refractivity contribution in [2.24, 2.45) is 5.92 Å². The molecule has 6 nitrogen and oxygen atoms in total. The second-order valence-electron chi connectivity index (χ2n) is 5.05. The Labute approximate surface area is 113 Å². The summed E-state index contributed by atoms with van der Waals surface area (Å²) in [6.07, 6.45) is 6.13. The minimum atomic E-state index is -1.11. The smallest absolute Gasteiger partial charge is 0.327 e. The molecule has 0 bridgehead atoms. The molecule has 2 atom stereocenters. The Kier molecular flexibility index (Phi) is 5.64. The first kappa shape index (κ1) is 15.3. The number of hydrogen-bond donors (Lipinski definition) is 2. The molecule has 0 aliphatic carbocycles. The minimum Gasteiger partial charge on any atom is -0.480 e. The van der Waals surface area contributed by atoms with Crippen molar-refractivity contribution in [3.63, 3.8) is 0 Å². The minimum absolute atomic E-state index is 0.0128. The lowest BCUT2D eigenvalue weighted by Gasteiger charge is -2.23. The average molecular weight is 267 g/mol. The molecule has 1 saturated heterocycles. The van der Waals surface area contributed by atoms with E-state index in [0.717, 1.165) is 19.5 Å². The van der Waals surface area contributed by atoms with Gasteiger partial charge in [0.15, 0.2) is 0 Å². The van der Waals surface area contributed by atoms with Crippen LogP contribution in [0.3, 0.4) is 0 Å². The van der Waals surface area contributed by atoms with Gasteiger partial charge in [-0.2, -0.15) is 0 Å². The molecule has 2 N–H and O–H groups in total. The van der Waals surface area contributed by atoms with Crippen molar-refractivity contribution >= 4 is 12.0 Å². The molecule has 1 rings (SSSR count). The molecule has 0 aromatic heterocycles. The lowest BCUT2D eigenvalue weighted by atomic mass is 10.1. The van der Waals surface area contributed by atoms with E-state index in [4.69, 9.17) is 11.5 Å². The van der Waals surface area contributed by atoms with Crippen LogP contribution >= 0.6 is 0 Å². The van der Waals surface area contributed by atoms with Gasteiger partial charge in [-0.3, -0.25) is 0 Å². The summed E-state index contributed by atoms with van der Waals surface area (Å²) in [5, 5.41) is 11.4. The number of urea groups is 1. The van der Waals surface area contributed by atoms with Crippen LogP contribution in [0.25, 0.3) is 0 Å². The predicted octanol–water partition coefficient (Wildman–Crippen LogP) is 0.0560. The highest BCUT2D eigenvalue weighted by molar-refractivity contribution is 5.82. The zero-order chi connectivity index (χ0) is 14.4. The Morgan fingerprint density at radius 3 is 2.79 bits per heavy atom. The summed E-state index contributed by atoms with van der Waals surface area (Å²) >= 11 is 0. The molecule has 2 unspecified atom stereocenters. The number of terminal acetylenes is 1. The topological polar surface area (TPSA) is 72.9 Å². The highest BCUT2D eigenvalue weighted by atomic mass is 16.4. The molecular weight excluding hydrogens is 246 g/mol. The maximum atomic E-state index is 11.9. The number of hydrogen-bond acceptors (Lipinski definition) is 3. The quantitative estimate of drug-likeness (QED) is 0.691. The van der Waals surface area contributed by atoms with Crippen LogP contribution in [0.15, 0.2) is 0 Å². The Morgan fingerprint density at radius 2 is 2.32 bits per heavy atom. The number of carbonyl (C=O) groups is 2. The molecule has 106 valence electrons. The summed E-state index contributed by atoms with van der Waals surface area (Å²) in [7, 11) is 3.72. The van der Waals surface area contributed by atoms with Gasteiger partial charge in [0.25, 0.3) is 0 Å². The fourth-order valence-corrected chi connectivity index (χ4v) is 2.22. The van der Waals surface area contributed by atoms with E-state index in [0.29, 0.717) is 12.5 Å². The first-order valence-electron chi connectivity index (χ1n) is 6.30. The number of rotatable bonds is 5. The first-order valence-corrected chi connectivity index (χ1v) is 6.30. The molecule has 0 radical (unpaired) electrons. The Morgan fingerprint density at radius 1 is 1.63 bits per heavy atom. The number of nitrogens with one attached hydrogen (secondary N) is 1. The first-order chi connectivity index (χ1) is 8.93. The Balaban J connectivity index is 2.43. The molecular formula is C13H21N3O3. The van der Waals surface area contributed by atoms with Crippen LogP contribution in [0.1, 0.15) is 12.8 Å². The van der Waals surface area contributed by atoms with Crippen LogP contribution in [-0.4, -0.2) is 66.7 Å². The molecule has 2 amide bonds. The fraction of sp³-hybridized carbons (Fsp3) is 0.692. The average Bonchev–Trinajstić information content (AvgIpc) is 2.73. The summed E-state index contributed by atoms with van der Waals surface area (Å²) in [5.41, 5.74) is 0. The van der Waals surface area contributed by atoms with Crippen LogP contribution < -0.4 is 5.32 Å². The summed E-state index contributed by atoms with van der Waals surface area (Å²) in [6.45, 7) is 2.62. The van der Waals surface area contributed by atoms with Crippen molar-refractivity contribution < 1.29 is 14.7 Å². The summed E-state index contributed by atoms with van der Waals surface area (Å²) in [6, 6.07) is -1.41. The lowest BCUT2D eigenvalue weighted by Crippen LogP contribution is -2.47. The summed E-state index contributed by atoms with van der Waals surface area (Å²) in [5.74, 6) is 1.58. The SMILES string of the molecule is C#CCC(NC(=O)N(C)CC1CCN(C)C1)C(=O)O. The van der Waals surface area contributed by atoms with Crippen LogP contribution in [0.4, 0.5) is 4.79 Å². The third-order valence-corrected chi connectivity index (χ3v) is 3.29. The molecule has 0 aromatic rings. The van der Waals surface area contributed by atoms with E-state index >= 15 is 0 Å². The fourth-order valence-electron chi connectivity index (χ4n) is 2.22. The van der Waals surface area contributed by atoms with Gasteiger partial charge >= 0.3 is 12.0 Å². The Bertz CT molecular complexity index is 378.